The van der Waals surface area contributed by atoms with Gasteiger partial charge in [0.1, 0.15) is 17.3 Å². The zero-order valence-electron chi connectivity index (χ0n) is 11.9. The van der Waals surface area contributed by atoms with Gasteiger partial charge in [0.2, 0.25) is 0 Å². The van der Waals surface area contributed by atoms with Crippen LogP contribution < -0.4 is 0 Å². The van der Waals surface area contributed by atoms with Crippen molar-refractivity contribution in [3.63, 3.8) is 0 Å². The molecule has 0 amide bonds. The molecular formula is C15H33S+. The van der Waals surface area contributed by atoms with Gasteiger partial charge in [-0.25, -0.2) is 0 Å². The average molecular weight is 245 g/mol. The van der Waals surface area contributed by atoms with E-state index in [-0.39, 0.29) is 0 Å². The smallest absolute Gasteiger partial charge is 0.0654 e. The SMILES string of the molecule is CCCCC[S+](CCCCC)CCCCC. The molecule has 0 heterocycles. The summed E-state index contributed by atoms with van der Waals surface area (Å²) >= 11 is 0. The lowest BCUT2D eigenvalue weighted by molar-refractivity contribution is 0.752. The predicted molar refractivity (Wildman–Crippen MR) is 80.5 cm³/mol. The van der Waals surface area contributed by atoms with E-state index in [0.29, 0.717) is 0 Å². The Bertz CT molecular complexity index is 98.8. The minimum Gasteiger partial charge on any atom is -0.0654 e. The monoisotopic (exact) mass is 245 g/mol. The third kappa shape index (κ3) is 10.9. The van der Waals surface area contributed by atoms with E-state index in [1.165, 1.54) is 75.0 Å². The van der Waals surface area contributed by atoms with Crippen molar-refractivity contribution in [2.75, 3.05) is 17.3 Å². The second kappa shape index (κ2) is 13.4. The minimum absolute atomic E-state index is 0.771. The summed E-state index contributed by atoms with van der Waals surface area (Å²) in [5.41, 5.74) is 0. The maximum absolute atomic E-state index is 2.31. The fourth-order valence-electron chi connectivity index (χ4n) is 1.97. The molecule has 0 saturated heterocycles. The summed E-state index contributed by atoms with van der Waals surface area (Å²) in [6.45, 7) is 6.94. The molecule has 0 atom stereocenters. The van der Waals surface area contributed by atoms with E-state index in [1.807, 2.05) is 0 Å². The predicted octanol–water partition coefficient (Wildman–Crippen LogP) is 5.18. The van der Waals surface area contributed by atoms with Gasteiger partial charge in [-0.3, -0.25) is 0 Å². The molecule has 0 aliphatic heterocycles. The molecule has 98 valence electrons. The molecular weight excluding hydrogens is 212 g/mol. The topological polar surface area (TPSA) is 0 Å². The van der Waals surface area contributed by atoms with Crippen molar-refractivity contribution >= 4 is 10.9 Å². The first kappa shape index (κ1) is 16.4. The summed E-state index contributed by atoms with van der Waals surface area (Å²) in [6.07, 6.45) is 12.9. The van der Waals surface area contributed by atoms with Gasteiger partial charge in [-0.05, 0) is 49.4 Å². The Morgan fingerprint density at radius 2 is 0.812 bits per heavy atom. The van der Waals surface area contributed by atoms with Crippen molar-refractivity contribution in [3.8, 4) is 0 Å². The van der Waals surface area contributed by atoms with Crippen molar-refractivity contribution in [2.24, 2.45) is 0 Å². The van der Waals surface area contributed by atoms with E-state index in [2.05, 4.69) is 20.8 Å². The van der Waals surface area contributed by atoms with Crippen molar-refractivity contribution in [1.82, 2.24) is 0 Å². The molecule has 0 rings (SSSR count). The highest BCUT2D eigenvalue weighted by atomic mass is 32.2. The molecule has 1 heteroatoms. The third-order valence-electron chi connectivity index (χ3n) is 3.11. The number of unbranched alkanes of at least 4 members (excludes halogenated alkanes) is 6. The van der Waals surface area contributed by atoms with E-state index in [9.17, 15) is 0 Å². The Labute approximate surface area is 107 Å². The van der Waals surface area contributed by atoms with Crippen LogP contribution in [0, 0.1) is 0 Å². The molecule has 16 heavy (non-hydrogen) atoms. The normalized spacial score (nSPS) is 11.2. The fourth-order valence-corrected chi connectivity index (χ4v) is 4.42. The van der Waals surface area contributed by atoms with E-state index in [1.54, 1.807) is 0 Å². The molecule has 0 nitrogen and oxygen atoms in total. The van der Waals surface area contributed by atoms with Gasteiger partial charge >= 0.3 is 0 Å². The van der Waals surface area contributed by atoms with Crippen LogP contribution in [0.1, 0.15) is 78.6 Å². The second-order valence-corrected chi connectivity index (χ2v) is 7.30. The van der Waals surface area contributed by atoms with Gasteiger partial charge in [-0.1, -0.05) is 40.0 Å². The molecule has 0 saturated carbocycles. The quantitative estimate of drug-likeness (QED) is 0.328. The van der Waals surface area contributed by atoms with Crippen LogP contribution in [0.2, 0.25) is 0 Å². The van der Waals surface area contributed by atoms with Crippen LogP contribution in [0.25, 0.3) is 0 Å². The maximum atomic E-state index is 2.31. The van der Waals surface area contributed by atoms with Crippen molar-refractivity contribution in [3.05, 3.63) is 0 Å². The zero-order valence-corrected chi connectivity index (χ0v) is 12.7. The van der Waals surface area contributed by atoms with E-state index >= 15 is 0 Å². The van der Waals surface area contributed by atoms with Gasteiger partial charge < -0.3 is 0 Å². The Balaban J connectivity index is 3.58. The average Bonchev–Trinajstić information content (AvgIpc) is 2.29. The first-order chi connectivity index (χ1) is 7.85. The molecule has 0 spiro atoms. The summed E-state index contributed by atoms with van der Waals surface area (Å²) in [6, 6.07) is 0. The van der Waals surface area contributed by atoms with Crippen LogP contribution in [-0.2, 0) is 10.9 Å². The van der Waals surface area contributed by atoms with Crippen molar-refractivity contribution in [1.29, 1.82) is 0 Å². The van der Waals surface area contributed by atoms with Gasteiger partial charge in [0.05, 0.1) is 0 Å². The third-order valence-corrected chi connectivity index (χ3v) is 5.71. The summed E-state index contributed by atoms with van der Waals surface area (Å²) < 4.78 is 0. The molecule has 0 aliphatic rings. The lowest BCUT2D eigenvalue weighted by atomic mass is 10.3. The van der Waals surface area contributed by atoms with Crippen LogP contribution in [0.15, 0.2) is 0 Å². The van der Waals surface area contributed by atoms with Crippen LogP contribution in [0.5, 0.6) is 0 Å². The standard InChI is InChI=1S/C15H33S/c1-4-7-10-13-16(14-11-8-5-2)15-12-9-6-3/h4-15H2,1-3H3/q+1. The minimum atomic E-state index is 0.771. The van der Waals surface area contributed by atoms with Crippen LogP contribution in [0.4, 0.5) is 0 Å². The first-order valence-electron chi connectivity index (χ1n) is 7.49. The summed E-state index contributed by atoms with van der Waals surface area (Å²) in [5, 5.41) is 0. The molecule has 0 fully saturated rings. The lowest BCUT2D eigenvalue weighted by Crippen LogP contribution is -2.16. The highest BCUT2D eigenvalue weighted by Gasteiger charge is 2.15. The van der Waals surface area contributed by atoms with Gasteiger partial charge in [-0.2, -0.15) is 0 Å². The largest absolute Gasteiger partial charge is 0.108 e. The maximum Gasteiger partial charge on any atom is 0.108 e. The molecule has 0 aromatic rings. The Hall–Kier alpha value is 0.350. The Kier molecular flexibility index (Phi) is 13.7. The molecule has 0 aromatic carbocycles. The molecule has 0 bridgehead atoms. The van der Waals surface area contributed by atoms with Gasteiger partial charge in [0, 0.05) is 0 Å². The van der Waals surface area contributed by atoms with E-state index in [0.717, 1.165) is 10.9 Å². The Morgan fingerprint density at radius 3 is 1.06 bits per heavy atom. The van der Waals surface area contributed by atoms with Crippen LogP contribution >= 0.6 is 0 Å². The fraction of sp³-hybridized carbons (Fsp3) is 1.00. The number of rotatable bonds is 12. The summed E-state index contributed by atoms with van der Waals surface area (Å²) in [7, 11) is 0.771. The van der Waals surface area contributed by atoms with Crippen molar-refractivity contribution in [2.45, 2.75) is 78.6 Å². The van der Waals surface area contributed by atoms with Gasteiger partial charge in [-0.15, -0.1) is 0 Å². The van der Waals surface area contributed by atoms with Crippen molar-refractivity contribution < 1.29 is 0 Å². The van der Waals surface area contributed by atoms with E-state index in [4.69, 9.17) is 0 Å². The molecule has 0 unspecified atom stereocenters. The first-order valence-corrected chi connectivity index (χ1v) is 9.22. The Morgan fingerprint density at radius 1 is 0.500 bits per heavy atom. The number of hydrogen-bond acceptors (Lipinski definition) is 0. The highest BCUT2D eigenvalue weighted by Crippen LogP contribution is 2.10. The second-order valence-electron chi connectivity index (χ2n) is 4.85. The van der Waals surface area contributed by atoms with Crippen LogP contribution in [-0.4, -0.2) is 17.3 Å². The molecule has 0 radical (unpaired) electrons. The van der Waals surface area contributed by atoms with E-state index < -0.39 is 0 Å². The molecule has 0 N–H and O–H groups in total. The lowest BCUT2D eigenvalue weighted by Gasteiger charge is -2.08. The molecule has 0 aromatic heterocycles. The molecule has 0 aliphatic carbocycles. The number of hydrogen-bond donors (Lipinski definition) is 0. The van der Waals surface area contributed by atoms with Gasteiger partial charge in [0.15, 0.2) is 0 Å². The highest BCUT2D eigenvalue weighted by molar-refractivity contribution is 7.96. The summed E-state index contributed by atoms with van der Waals surface area (Å²) in [5.74, 6) is 4.59. The van der Waals surface area contributed by atoms with Crippen LogP contribution in [0.3, 0.4) is 0 Å². The zero-order chi connectivity index (χ0) is 12.1. The summed E-state index contributed by atoms with van der Waals surface area (Å²) in [4.78, 5) is 0. The van der Waals surface area contributed by atoms with Gasteiger partial charge in [0.25, 0.3) is 0 Å².